The van der Waals surface area contributed by atoms with Crippen molar-refractivity contribution in [2.75, 3.05) is 14.1 Å². The number of nitrogens with zero attached hydrogens (tertiary/aromatic N) is 1. The molecule has 0 heterocycles. The molecule has 0 aliphatic rings. The third kappa shape index (κ3) is 7.59. The molecular weight excluding hydrogens is 483 g/mol. The fraction of sp³-hybridized carbons (Fsp3) is 0.200. The van der Waals surface area contributed by atoms with E-state index in [2.05, 4.69) is 51.8 Å². The van der Waals surface area contributed by atoms with Crippen molar-refractivity contribution in [2.24, 2.45) is 0 Å². The fourth-order valence-electron chi connectivity index (χ4n) is 3.79. The Labute approximate surface area is 218 Å². The number of hydrogen-bond acceptors (Lipinski definition) is 3. The first-order chi connectivity index (χ1) is 17.3. The van der Waals surface area contributed by atoms with Crippen LogP contribution in [-0.4, -0.2) is 26.8 Å². The monoisotopic (exact) mass is 518 g/mol. The van der Waals surface area contributed by atoms with Gasteiger partial charge in [0.1, 0.15) is 0 Å². The van der Waals surface area contributed by atoms with Crippen LogP contribution in [0.4, 0.5) is 0 Å². The highest BCUT2D eigenvalue weighted by molar-refractivity contribution is 7.89. The van der Waals surface area contributed by atoms with E-state index in [1.54, 1.807) is 19.2 Å². The Kier molecular flexibility index (Phi) is 10.4. The fourth-order valence-corrected chi connectivity index (χ4v) is 5.29. The maximum atomic E-state index is 12.9. The van der Waals surface area contributed by atoms with Crippen molar-refractivity contribution < 1.29 is 8.42 Å². The Hall–Kier alpha value is -2.82. The first kappa shape index (κ1) is 27.8. The van der Waals surface area contributed by atoms with Gasteiger partial charge in [-0.05, 0) is 58.7 Å². The summed E-state index contributed by atoms with van der Waals surface area (Å²) in [7, 11) is 2.78. The zero-order valence-electron chi connectivity index (χ0n) is 21.2. The highest BCUT2D eigenvalue weighted by atomic mass is 32.2. The number of hydrogen-bond donors (Lipinski definition) is 1. The Morgan fingerprint density at radius 3 is 1.92 bits per heavy atom. The predicted octanol–water partition coefficient (Wildman–Crippen LogP) is 5.64. The minimum atomic E-state index is -3.53. The van der Waals surface area contributed by atoms with Gasteiger partial charge in [-0.25, -0.2) is 8.42 Å². The largest absolute Gasteiger partial charge is 0.316 e. The quantitative estimate of drug-likeness (QED) is 0.307. The molecular formula is C30H35N2O2PS. The number of sulfonamides is 1. The van der Waals surface area contributed by atoms with E-state index in [9.17, 15) is 8.42 Å². The summed E-state index contributed by atoms with van der Waals surface area (Å²) in [5, 5.41) is 4.18. The van der Waals surface area contributed by atoms with Gasteiger partial charge in [0.25, 0.3) is 0 Å². The van der Waals surface area contributed by atoms with Gasteiger partial charge in [-0.2, -0.15) is 4.31 Å². The van der Waals surface area contributed by atoms with E-state index in [0.717, 1.165) is 35.0 Å². The lowest BCUT2D eigenvalue weighted by Gasteiger charge is -2.18. The lowest BCUT2D eigenvalue weighted by molar-refractivity contribution is 0.467. The normalized spacial score (nSPS) is 11.1. The second-order valence-electron chi connectivity index (χ2n) is 8.56. The molecule has 1 atom stereocenters. The number of rotatable bonds is 8. The SMILES string of the molecule is CCc1ccc(P)c(-c2ccc(S(=O)(=O)N(C)Cc3ccccc3)cc2)c1.CNCc1ccccc1. The molecule has 188 valence electrons. The molecule has 0 radical (unpaired) electrons. The average molecular weight is 519 g/mol. The molecule has 4 aromatic rings. The lowest BCUT2D eigenvalue weighted by atomic mass is 10.0. The molecule has 1 unspecified atom stereocenters. The van der Waals surface area contributed by atoms with Crippen LogP contribution in [0.25, 0.3) is 11.1 Å². The van der Waals surface area contributed by atoms with Crippen molar-refractivity contribution >= 4 is 24.6 Å². The average Bonchev–Trinajstić information content (AvgIpc) is 2.91. The summed E-state index contributed by atoms with van der Waals surface area (Å²) in [6, 6.07) is 33.4. The van der Waals surface area contributed by atoms with E-state index in [1.165, 1.54) is 15.4 Å². The molecule has 36 heavy (non-hydrogen) atoms. The second kappa shape index (κ2) is 13.5. The minimum absolute atomic E-state index is 0.307. The maximum Gasteiger partial charge on any atom is 0.243 e. The Morgan fingerprint density at radius 1 is 0.778 bits per heavy atom. The van der Waals surface area contributed by atoms with Crippen LogP contribution in [0, 0.1) is 0 Å². The lowest BCUT2D eigenvalue weighted by Crippen LogP contribution is -2.26. The molecule has 0 fully saturated rings. The Balaban J connectivity index is 0.000000338. The first-order valence-corrected chi connectivity index (χ1v) is 14.0. The zero-order valence-corrected chi connectivity index (χ0v) is 23.2. The molecule has 1 N–H and O–H groups in total. The third-order valence-corrected chi connectivity index (χ3v) is 8.19. The van der Waals surface area contributed by atoms with Crippen molar-refractivity contribution in [3.8, 4) is 11.1 Å². The second-order valence-corrected chi connectivity index (χ2v) is 11.2. The van der Waals surface area contributed by atoms with Crippen LogP contribution in [-0.2, 0) is 29.5 Å². The van der Waals surface area contributed by atoms with E-state index >= 15 is 0 Å². The van der Waals surface area contributed by atoms with Crippen molar-refractivity contribution in [3.05, 3.63) is 120 Å². The molecule has 6 heteroatoms. The van der Waals surface area contributed by atoms with Crippen LogP contribution < -0.4 is 10.6 Å². The zero-order chi connectivity index (χ0) is 26.0. The van der Waals surface area contributed by atoms with E-state index in [-0.39, 0.29) is 0 Å². The van der Waals surface area contributed by atoms with Gasteiger partial charge >= 0.3 is 0 Å². The summed E-state index contributed by atoms with van der Waals surface area (Å²) in [5.74, 6) is 0. The van der Waals surface area contributed by atoms with Gasteiger partial charge in [-0.15, -0.1) is 9.24 Å². The summed E-state index contributed by atoms with van der Waals surface area (Å²) in [6.45, 7) is 3.43. The van der Waals surface area contributed by atoms with E-state index < -0.39 is 10.0 Å². The standard InChI is InChI=1S/C22H24NO2PS.C8H11N/c1-3-17-9-14-22(26)21(15-17)19-10-12-20(13-11-19)27(24,25)23(2)16-18-7-5-4-6-8-18;1-9-7-8-5-3-2-4-6-8/h4-15H,3,16,26H2,1-2H3;2-6,9H,7H2,1H3. The van der Waals surface area contributed by atoms with Crippen molar-refractivity contribution in [1.82, 2.24) is 9.62 Å². The van der Waals surface area contributed by atoms with Crippen LogP contribution >= 0.6 is 9.24 Å². The van der Waals surface area contributed by atoms with Crippen LogP contribution in [0.5, 0.6) is 0 Å². The topological polar surface area (TPSA) is 49.4 Å². The molecule has 0 bridgehead atoms. The maximum absolute atomic E-state index is 12.9. The molecule has 0 aromatic heterocycles. The van der Waals surface area contributed by atoms with Crippen molar-refractivity contribution in [2.45, 2.75) is 31.3 Å². The molecule has 0 saturated carbocycles. The summed E-state index contributed by atoms with van der Waals surface area (Å²) in [4.78, 5) is 0.307. The van der Waals surface area contributed by atoms with Gasteiger partial charge in [-0.3, -0.25) is 0 Å². The number of aryl methyl sites for hydroxylation is 1. The molecule has 4 nitrogen and oxygen atoms in total. The van der Waals surface area contributed by atoms with Gasteiger partial charge < -0.3 is 5.32 Å². The van der Waals surface area contributed by atoms with Crippen LogP contribution in [0.15, 0.2) is 108 Å². The number of benzene rings is 4. The van der Waals surface area contributed by atoms with Crippen molar-refractivity contribution in [1.29, 1.82) is 0 Å². The number of nitrogens with one attached hydrogen (secondary N) is 1. The first-order valence-electron chi connectivity index (χ1n) is 12.0. The van der Waals surface area contributed by atoms with Gasteiger partial charge in [0, 0.05) is 20.1 Å². The molecule has 0 aliphatic carbocycles. The van der Waals surface area contributed by atoms with E-state index in [0.29, 0.717) is 11.4 Å². The minimum Gasteiger partial charge on any atom is -0.316 e. The predicted molar refractivity (Wildman–Crippen MR) is 155 cm³/mol. The molecule has 0 spiro atoms. The summed E-state index contributed by atoms with van der Waals surface area (Å²) >= 11 is 0. The highest BCUT2D eigenvalue weighted by Crippen LogP contribution is 2.24. The summed E-state index contributed by atoms with van der Waals surface area (Å²) < 4.78 is 27.1. The van der Waals surface area contributed by atoms with Crippen LogP contribution in [0.2, 0.25) is 0 Å². The van der Waals surface area contributed by atoms with Crippen LogP contribution in [0.3, 0.4) is 0 Å². The molecule has 0 saturated heterocycles. The molecule has 4 rings (SSSR count). The summed E-state index contributed by atoms with van der Waals surface area (Å²) in [6.07, 6.45) is 0.967. The molecule has 0 aliphatic heterocycles. The summed E-state index contributed by atoms with van der Waals surface area (Å²) in [5.41, 5.74) is 5.68. The highest BCUT2D eigenvalue weighted by Gasteiger charge is 2.21. The molecule has 4 aromatic carbocycles. The van der Waals surface area contributed by atoms with E-state index in [4.69, 9.17) is 0 Å². The Morgan fingerprint density at radius 2 is 1.36 bits per heavy atom. The van der Waals surface area contributed by atoms with Gasteiger partial charge in [-0.1, -0.05) is 97.9 Å². The van der Waals surface area contributed by atoms with Gasteiger partial charge in [0.2, 0.25) is 10.0 Å². The van der Waals surface area contributed by atoms with Crippen molar-refractivity contribution in [3.63, 3.8) is 0 Å². The third-order valence-electron chi connectivity index (χ3n) is 5.87. The smallest absolute Gasteiger partial charge is 0.243 e. The Bertz CT molecular complexity index is 1330. The van der Waals surface area contributed by atoms with Crippen LogP contribution in [0.1, 0.15) is 23.6 Å². The molecule has 0 amide bonds. The van der Waals surface area contributed by atoms with Gasteiger partial charge in [0.05, 0.1) is 4.90 Å². The van der Waals surface area contributed by atoms with Gasteiger partial charge in [0.15, 0.2) is 0 Å². The van der Waals surface area contributed by atoms with E-state index in [1.807, 2.05) is 67.7 Å².